The number of carbonyl (C=O) groups is 1. The van der Waals surface area contributed by atoms with E-state index in [4.69, 9.17) is 4.74 Å². The fourth-order valence-electron chi connectivity index (χ4n) is 4.51. The minimum atomic E-state index is -0.389. The third-order valence-corrected chi connectivity index (χ3v) is 5.94. The van der Waals surface area contributed by atoms with Crippen LogP contribution < -0.4 is 10.6 Å². The molecule has 2 aliphatic rings. The summed E-state index contributed by atoms with van der Waals surface area (Å²) in [6.07, 6.45) is 6.50. The highest BCUT2D eigenvalue weighted by atomic mass is 16.5. The molecule has 2 N–H and O–H groups in total. The van der Waals surface area contributed by atoms with E-state index in [2.05, 4.69) is 28.6 Å². The van der Waals surface area contributed by atoms with Gasteiger partial charge in [-0.3, -0.25) is 4.98 Å². The molecule has 0 saturated heterocycles. The summed E-state index contributed by atoms with van der Waals surface area (Å²) in [7, 11) is 0. The molecule has 0 radical (unpaired) electrons. The number of amides is 1. The molecule has 2 heterocycles. The molecule has 5 heteroatoms. The number of rotatable bonds is 4. The van der Waals surface area contributed by atoms with Crippen LogP contribution in [0.25, 0.3) is 0 Å². The van der Waals surface area contributed by atoms with Gasteiger partial charge < -0.3 is 15.4 Å². The number of anilines is 1. The van der Waals surface area contributed by atoms with Crippen LogP contribution in [-0.2, 0) is 11.3 Å². The zero-order valence-corrected chi connectivity index (χ0v) is 15.7. The molecule has 2 aromatic rings. The summed E-state index contributed by atoms with van der Waals surface area (Å²) in [6, 6.07) is 13.9. The molecule has 27 heavy (non-hydrogen) atoms. The van der Waals surface area contributed by atoms with E-state index in [0.29, 0.717) is 12.0 Å². The van der Waals surface area contributed by atoms with Crippen molar-refractivity contribution in [2.24, 2.45) is 11.8 Å². The average Bonchev–Trinajstić information content (AvgIpc) is 3.24. The summed E-state index contributed by atoms with van der Waals surface area (Å²) in [5, 5.41) is 6.78. The van der Waals surface area contributed by atoms with Crippen molar-refractivity contribution in [3.8, 4) is 0 Å². The van der Waals surface area contributed by atoms with E-state index in [1.54, 1.807) is 6.20 Å². The van der Waals surface area contributed by atoms with Crippen LogP contribution in [0.15, 0.2) is 48.7 Å². The smallest absolute Gasteiger partial charge is 0.408 e. The maximum Gasteiger partial charge on any atom is 0.408 e. The summed E-state index contributed by atoms with van der Waals surface area (Å²) in [6.45, 7) is 2.48. The molecule has 1 aliphatic heterocycles. The topological polar surface area (TPSA) is 63.2 Å². The molecule has 4 rings (SSSR count). The van der Waals surface area contributed by atoms with Crippen molar-refractivity contribution < 1.29 is 9.53 Å². The van der Waals surface area contributed by atoms with Gasteiger partial charge in [-0.05, 0) is 36.5 Å². The highest BCUT2D eigenvalue weighted by Gasteiger charge is 2.40. The second kappa shape index (κ2) is 7.99. The SMILES string of the molecule is CC1C(NC(=O)OCc2ccccc2)c2ncccc2N[C@H]1C1CCCC1. The van der Waals surface area contributed by atoms with Gasteiger partial charge in [0.05, 0.1) is 17.4 Å². The molecule has 5 nitrogen and oxygen atoms in total. The molecule has 1 amide bonds. The number of carbonyl (C=O) groups excluding carboxylic acids is 1. The van der Waals surface area contributed by atoms with E-state index in [9.17, 15) is 4.79 Å². The number of nitrogens with zero attached hydrogens (tertiary/aromatic N) is 1. The zero-order chi connectivity index (χ0) is 18.6. The second-order valence-corrected chi connectivity index (χ2v) is 7.69. The first-order valence-corrected chi connectivity index (χ1v) is 9.91. The standard InChI is InChI=1S/C22H27N3O2/c1-15-19(17-10-5-6-11-17)24-18-12-7-13-23-21(18)20(15)25-22(26)27-14-16-8-3-2-4-9-16/h2-4,7-9,12-13,15,17,19-20,24H,5-6,10-11,14H2,1H3,(H,25,26)/t15?,19-,20?/m1/s1. The van der Waals surface area contributed by atoms with Gasteiger partial charge in [-0.2, -0.15) is 0 Å². The molecule has 0 spiro atoms. The Labute approximate surface area is 160 Å². The highest BCUT2D eigenvalue weighted by Crippen LogP contribution is 2.41. The minimum absolute atomic E-state index is 0.142. The Morgan fingerprint density at radius 1 is 1.19 bits per heavy atom. The Hall–Kier alpha value is -2.56. The molecule has 1 aromatic heterocycles. The number of hydrogen-bond donors (Lipinski definition) is 2. The number of aromatic nitrogens is 1. The zero-order valence-electron chi connectivity index (χ0n) is 15.7. The molecular formula is C22H27N3O2. The first-order valence-electron chi connectivity index (χ1n) is 9.91. The molecule has 0 bridgehead atoms. The summed E-state index contributed by atoms with van der Waals surface area (Å²) in [5.41, 5.74) is 2.91. The van der Waals surface area contributed by atoms with Crippen LogP contribution in [0.5, 0.6) is 0 Å². The first-order chi connectivity index (χ1) is 13.2. The number of fused-ring (bicyclic) bond motifs is 1. The van der Waals surface area contributed by atoms with Crippen LogP contribution in [0.1, 0.15) is 49.9 Å². The number of hydrogen-bond acceptors (Lipinski definition) is 4. The van der Waals surface area contributed by atoms with Gasteiger partial charge in [0.1, 0.15) is 6.61 Å². The fraction of sp³-hybridized carbons (Fsp3) is 0.455. The Morgan fingerprint density at radius 2 is 1.96 bits per heavy atom. The second-order valence-electron chi connectivity index (χ2n) is 7.69. The summed E-state index contributed by atoms with van der Waals surface area (Å²) in [5.74, 6) is 0.901. The largest absolute Gasteiger partial charge is 0.445 e. The summed E-state index contributed by atoms with van der Waals surface area (Å²) < 4.78 is 5.46. The van der Waals surface area contributed by atoms with E-state index in [1.165, 1.54) is 25.7 Å². The number of ether oxygens (including phenoxy) is 1. The van der Waals surface area contributed by atoms with Crippen molar-refractivity contribution in [3.63, 3.8) is 0 Å². The van der Waals surface area contributed by atoms with Crippen LogP contribution in [0.3, 0.4) is 0 Å². The third-order valence-electron chi connectivity index (χ3n) is 5.94. The van der Waals surface area contributed by atoms with Gasteiger partial charge in [0, 0.05) is 18.2 Å². The van der Waals surface area contributed by atoms with Gasteiger partial charge in [0.2, 0.25) is 0 Å². The molecule has 142 valence electrons. The van der Waals surface area contributed by atoms with Crippen molar-refractivity contribution in [2.75, 3.05) is 5.32 Å². The van der Waals surface area contributed by atoms with Crippen molar-refractivity contribution in [3.05, 3.63) is 59.9 Å². The van der Waals surface area contributed by atoms with Crippen LogP contribution in [-0.4, -0.2) is 17.1 Å². The van der Waals surface area contributed by atoms with Gasteiger partial charge in [-0.1, -0.05) is 50.1 Å². The minimum Gasteiger partial charge on any atom is -0.445 e. The van der Waals surface area contributed by atoms with Crippen LogP contribution >= 0.6 is 0 Å². The predicted molar refractivity (Wildman–Crippen MR) is 105 cm³/mol. The van der Waals surface area contributed by atoms with Gasteiger partial charge in [-0.25, -0.2) is 4.79 Å². The lowest BCUT2D eigenvalue weighted by Crippen LogP contribution is -2.47. The van der Waals surface area contributed by atoms with E-state index in [1.807, 2.05) is 36.4 Å². The van der Waals surface area contributed by atoms with Crippen molar-refractivity contribution in [2.45, 2.75) is 51.3 Å². The number of nitrogens with one attached hydrogen (secondary N) is 2. The lowest BCUT2D eigenvalue weighted by Gasteiger charge is -2.41. The van der Waals surface area contributed by atoms with Gasteiger partial charge in [-0.15, -0.1) is 0 Å². The van der Waals surface area contributed by atoms with Crippen molar-refractivity contribution >= 4 is 11.8 Å². The van der Waals surface area contributed by atoms with Crippen LogP contribution in [0.4, 0.5) is 10.5 Å². The lowest BCUT2D eigenvalue weighted by molar-refractivity contribution is 0.128. The van der Waals surface area contributed by atoms with E-state index < -0.39 is 0 Å². The molecule has 3 atom stereocenters. The monoisotopic (exact) mass is 365 g/mol. The Bertz CT molecular complexity index is 774. The number of alkyl carbamates (subject to hydrolysis) is 1. The Kier molecular flexibility index (Phi) is 5.28. The average molecular weight is 365 g/mol. The van der Waals surface area contributed by atoms with Crippen LogP contribution in [0, 0.1) is 11.8 Å². The highest BCUT2D eigenvalue weighted by molar-refractivity contribution is 5.69. The van der Waals surface area contributed by atoms with Crippen molar-refractivity contribution in [1.82, 2.24) is 10.3 Å². The number of pyridine rings is 1. The summed E-state index contributed by atoms with van der Waals surface area (Å²) >= 11 is 0. The predicted octanol–water partition coefficient (Wildman–Crippen LogP) is 4.67. The van der Waals surface area contributed by atoms with Crippen molar-refractivity contribution in [1.29, 1.82) is 0 Å². The van der Waals surface area contributed by atoms with E-state index in [-0.39, 0.29) is 24.7 Å². The molecule has 1 aliphatic carbocycles. The quantitative estimate of drug-likeness (QED) is 0.826. The fourth-order valence-corrected chi connectivity index (χ4v) is 4.51. The maximum atomic E-state index is 12.5. The third kappa shape index (κ3) is 3.92. The van der Waals surface area contributed by atoms with Gasteiger partial charge >= 0.3 is 6.09 Å². The van der Waals surface area contributed by atoms with Gasteiger partial charge in [0.15, 0.2) is 0 Å². The maximum absolute atomic E-state index is 12.5. The Morgan fingerprint density at radius 3 is 2.74 bits per heavy atom. The lowest BCUT2D eigenvalue weighted by atomic mass is 9.79. The molecular weight excluding hydrogens is 338 g/mol. The van der Waals surface area contributed by atoms with E-state index in [0.717, 1.165) is 16.9 Å². The molecule has 1 aromatic carbocycles. The molecule has 2 unspecified atom stereocenters. The van der Waals surface area contributed by atoms with Gasteiger partial charge in [0.25, 0.3) is 0 Å². The van der Waals surface area contributed by atoms with E-state index >= 15 is 0 Å². The normalized spacial score (nSPS) is 24.7. The number of benzene rings is 1. The summed E-state index contributed by atoms with van der Waals surface area (Å²) in [4.78, 5) is 17.0. The van der Waals surface area contributed by atoms with Crippen LogP contribution in [0.2, 0.25) is 0 Å². The first kappa shape index (κ1) is 17.8. The molecule has 1 saturated carbocycles. The Balaban J connectivity index is 1.48. The molecule has 1 fully saturated rings.